The van der Waals surface area contributed by atoms with Crippen molar-refractivity contribution in [2.75, 3.05) is 6.54 Å². The molecular formula is C18H29NO3. The molecule has 3 unspecified atom stereocenters. The average Bonchev–Trinajstić information content (AvgIpc) is 2.77. The predicted molar refractivity (Wildman–Crippen MR) is 84.2 cm³/mol. The Labute approximate surface area is 132 Å². The van der Waals surface area contributed by atoms with Gasteiger partial charge in [0.1, 0.15) is 0 Å². The van der Waals surface area contributed by atoms with Gasteiger partial charge in [-0.05, 0) is 38.0 Å². The van der Waals surface area contributed by atoms with Crippen LogP contribution in [0.5, 0.6) is 0 Å². The van der Waals surface area contributed by atoms with Crippen LogP contribution in [0.15, 0.2) is 11.6 Å². The first-order chi connectivity index (χ1) is 10.4. The van der Waals surface area contributed by atoms with E-state index in [1.165, 1.54) is 5.57 Å². The van der Waals surface area contributed by atoms with Gasteiger partial charge in [0, 0.05) is 29.3 Å². The highest BCUT2D eigenvalue weighted by atomic mass is 16.3. The number of hydrogen-bond acceptors (Lipinski definition) is 4. The number of aliphatic hydroxyl groups excluding tert-OH is 3. The summed E-state index contributed by atoms with van der Waals surface area (Å²) in [5.41, 5.74) is 1.16. The maximum absolute atomic E-state index is 10.8. The van der Waals surface area contributed by atoms with E-state index >= 15 is 0 Å². The van der Waals surface area contributed by atoms with Gasteiger partial charge in [0.2, 0.25) is 0 Å². The minimum Gasteiger partial charge on any atom is -0.393 e. The van der Waals surface area contributed by atoms with E-state index in [2.05, 4.69) is 19.2 Å². The van der Waals surface area contributed by atoms with Crippen molar-refractivity contribution in [3.05, 3.63) is 11.6 Å². The summed E-state index contributed by atoms with van der Waals surface area (Å²) in [7, 11) is 0. The van der Waals surface area contributed by atoms with E-state index in [0.717, 1.165) is 32.2 Å². The molecule has 8 atom stereocenters. The van der Waals surface area contributed by atoms with E-state index in [9.17, 15) is 15.3 Å². The zero-order valence-electron chi connectivity index (χ0n) is 13.6. The van der Waals surface area contributed by atoms with Gasteiger partial charge in [0.05, 0.1) is 18.3 Å². The Hall–Kier alpha value is -0.420. The normalized spacial score (nSPS) is 57.6. The van der Waals surface area contributed by atoms with E-state index in [1.54, 1.807) is 0 Å². The third-order valence-corrected chi connectivity index (χ3v) is 7.55. The first-order valence-electron chi connectivity index (χ1n) is 8.85. The molecule has 0 bridgehead atoms. The van der Waals surface area contributed by atoms with Gasteiger partial charge in [0.15, 0.2) is 0 Å². The highest BCUT2D eigenvalue weighted by Crippen LogP contribution is 2.58. The zero-order valence-corrected chi connectivity index (χ0v) is 13.6. The molecule has 0 amide bonds. The summed E-state index contributed by atoms with van der Waals surface area (Å²) in [5, 5.41) is 34.9. The van der Waals surface area contributed by atoms with Gasteiger partial charge < -0.3 is 20.6 Å². The summed E-state index contributed by atoms with van der Waals surface area (Å²) in [5.74, 6) is 0.560. The average molecular weight is 307 g/mol. The number of rotatable bonds is 0. The molecule has 1 heterocycles. The van der Waals surface area contributed by atoms with Gasteiger partial charge in [-0.25, -0.2) is 0 Å². The summed E-state index contributed by atoms with van der Waals surface area (Å²) < 4.78 is 0. The second-order valence-electron chi connectivity index (χ2n) is 8.64. The van der Waals surface area contributed by atoms with Crippen LogP contribution >= 0.6 is 0 Å². The largest absolute Gasteiger partial charge is 0.393 e. The standard InChI is InChI=1S/C18H29NO3/c1-17-6-5-11(20)7-10(17)8-13(21)15-12-3-4-14(22)18(12,2)9-19-16(15)17/h8,11-16,19-22H,3-7,9H2,1-2H3/t11-,12?,13-,14-,15?,16?,17-,18-/m0/s1. The number of piperidine rings is 1. The van der Waals surface area contributed by atoms with Crippen molar-refractivity contribution < 1.29 is 15.3 Å². The van der Waals surface area contributed by atoms with Crippen LogP contribution in [0.3, 0.4) is 0 Å². The third-order valence-electron chi connectivity index (χ3n) is 7.55. The van der Waals surface area contributed by atoms with Crippen LogP contribution in [0.1, 0.15) is 46.0 Å². The molecule has 0 spiro atoms. The summed E-state index contributed by atoms with van der Waals surface area (Å²) in [6, 6.07) is 0.262. The van der Waals surface area contributed by atoms with Gasteiger partial charge in [-0.2, -0.15) is 0 Å². The molecule has 3 aliphatic carbocycles. The molecule has 0 aromatic rings. The van der Waals surface area contributed by atoms with Crippen molar-refractivity contribution in [2.24, 2.45) is 22.7 Å². The van der Waals surface area contributed by atoms with Crippen LogP contribution in [0.2, 0.25) is 0 Å². The smallest absolute Gasteiger partial charge is 0.0770 e. The minimum atomic E-state index is -0.458. The molecule has 4 nitrogen and oxygen atoms in total. The van der Waals surface area contributed by atoms with Crippen molar-refractivity contribution in [3.63, 3.8) is 0 Å². The molecule has 1 saturated heterocycles. The highest BCUT2D eigenvalue weighted by Gasteiger charge is 2.60. The Kier molecular flexibility index (Phi) is 3.29. The number of nitrogens with one attached hydrogen (secondary N) is 1. The van der Waals surface area contributed by atoms with Crippen molar-refractivity contribution in [2.45, 2.75) is 70.3 Å². The van der Waals surface area contributed by atoms with E-state index in [4.69, 9.17) is 0 Å². The van der Waals surface area contributed by atoms with E-state index in [0.29, 0.717) is 12.3 Å². The van der Waals surface area contributed by atoms with E-state index < -0.39 is 6.10 Å². The lowest BCUT2D eigenvalue weighted by Gasteiger charge is -2.58. The van der Waals surface area contributed by atoms with Gasteiger partial charge in [0.25, 0.3) is 0 Å². The molecule has 22 heavy (non-hydrogen) atoms. The maximum Gasteiger partial charge on any atom is 0.0770 e. The lowest BCUT2D eigenvalue weighted by Crippen LogP contribution is -2.66. The topological polar surface area (TPSA) is 72.7 Å². The van der Waals surface area contributed by atoms with Gasteiger partial charge in [-0.15, -0.1) is 0 Å². The van der Waals surface area contributed by atoms with Crippen LogP contribution in [-0.4, -0.2) is 46.2 Å². The van der Waals surface area contributed by atoms with E-state index in [1.807, 2.05) is 6.08 Å². The monoisotopic (exact) mass is 307 g/mol. The summed E-state index contributed by atoms with van der Waals surface area (Å²) in [6.07, 6.45) is 5.44. The molecule has 3 fully saturated rings. The first-order valence-corrected chi connectivity index (χ1v) is 8.85. The van der Waals surface area contributed by atoms with Crippen LogP contribution in [0.4, 0.5) is 0 Å². The van der Waals surface area contributed by atoms with Crippen molar-refractivity contribution in [1.82, 2.24) is 5.32 Å². The fraction of sp³-hybridized carbons (Fsp3) is 0.889. The predicted octanol–water partition coefficient (Wildman–Crippen LogP) is 1.20. The van der Waals surface area contributed by atoms with Crippen molar-refractivity contribution in [1.29, 1.82) is 0 Å². The fourth-order valence-electron chi connectivity index (χ4n) is 6.06. The number of aliphatic hydroxyl groups is 3. The Balaban J connectivity index is 1.73. The Morgan fingerprint density at radius 1 is 1.14 bits per heavy atom. The molecule has 124 valence electrons. The molecule has 0 aromatic heterocycles. The molecule has 0 radical (unpaired) electrons. The van der Waals surface area contributed by atoms with Crippen molar-refractivity contribution >= 4 is 0 Å². The van der Waals surface area contributed by atoms with Crippen LogP contribution in [0, 0.1) is 22.7 Å². The van der Waals surface area contributed by atoms with Gasteiger partial charge >= 0.3 is 0 Å². The van der Waals surface area contributed by atoms with Crippen LogP contribution < -0.4 is 5.32 Å². The molecule has 4 aliphatic rings. The molecule has 4 heteroatoms. The third kappa shape index (κ3) is 1.84. The quantitative estimate of drug-likeness (QED) is 0.508. The SMILES string of the molecule is C[C@]12CC[C@H](O)CC1=C[C@H](O)C1C2NC[C@@]2(C)C1CC[C@@H]2O. The molecule has 4 rings (SSSR count). The van der Waals surface area contributed by atoms with Crippen molar-refractivity contribution in [3.8, 4) is 0 Å². The number of hydrogen-bond donors (Lipinski definition) is 4. The summed E-state index contributed by atoms with van der Waals surface area (Å²) in [6.45, 7) is 5.31. The lowest BCUT2D eigenvalue weighted by molar-refractivity contribution is -0.0807. The second-order valence-corrected chi connectivity index (χ2v) is 8.64. The number of fused-ring (bicyclic) bond motifs is 5. The minimum absolute atomic E-state index is 0.0397. The fourth-order valence-corrected chi connectivity index (χ4v) is 6.06. The molecular weight excluding hydrogens is 278 g/mol. The molecule has 0 aromatic carbocycles. The second kappa shape index (κ2) is 4.79. The van der Waals surface area contributed by atoms with Crippen LogP contribution in [-0.2, 0) is 0 Å². The first kappa shape index (κ1) is 15.1. The van der Waals surface area contributed by atoms with Crippen LogP contribution in [0.25, 0.3) is 0 Å². The van der Waals surface area contributed by atoms with E-state index in [-0.39, 0.29) is 35.0 Å². The molecule has 2 saturated carbocycles. The summed E-state index contributed by atoms with van der Waals surface area (Å²) in [4.78, 5) is 0. The Morgan fingerprint density at radius 3 is 2.68 bits per heavy atom. The highest BCUT2D eigenvalue weighted by molar-refractivity contribution is 5.30. The lowest BCUT2D eigenvalue weighted by atomic mass is 9.53. The molecule has 4 N–H and O–H groups in total. The Bertz CT molecular complexity index is 507. The van der Waals surface area contributed by atoms with Gasteiger partial charge in [-0.3, -0.25) is 0 Å². The van der Waals surface area contributed by atoms with Gasteiger partial charge in [-0.1, -0.05) is 25.5 Å². The molecule has 1 aliphatic heterocycles. The Morgan fingerprint density at radius 2 is 1.91 bits per heavy atom. The summed E-state index contributed by atoms with van der Waals surface area (Å²) >= 11 is 0. The maximum atomic E-state index is 10.8. The zero-order chi connectivity index (χ0) is 15.7.